The summed E-state index contributed by atoms with van der Waals surface area (Å²) in [6.45, 7) is 8.67. The van der Waals surface area contributed by atoms with Crippen LogP contribution in [-0.4, -0.2) is 19.5 Å². The molecule has 0 unspecified atom stereocenters. The van der Waals surface area contributed by atoms with Crippen LogP contribution in [0.3, 0.4) is 0 Å². The zero-order chi connectivity index (χ0) is 39.0. The van der Waals surface area contributed by atoms with Gasteiger partial charge in [0.2, 0.25) is 0 Å². The average molecular weight is 947 g/mol. The minimum absolute atomic E-state index is 0. The zero-order valence-electron chi connectivity index (χ0n) is 32.3. The fourth-order valence-electron chi connectivity index (χ4n) is 8.08. The van der Waals surface area contributed by atoms with Gasteiger partial charge in [0.05, 0.1) is 0 Å². The Kier molecular flexibility index (Phi) is 8.84. The third kappa shape index (κ3) is 6.14. The van der Waals surface area contributed by atoms with Crippen LogP contribution in [0.1, 0.15) is 26.3 Å². The monoisotopic (exact) mass is 946 g/mol. The Morgan fingerprint density at radius 3 is 2.00 bits per heavy atom. The first kappa shape index (κ1) is 36.6. The quantitative estimate of drug-likeness (QED) is 0.147. The molecule has 0 atom stereocenters. The van der Waals surface area contributed by atoms with Crippen molar-refractivity contribution < 1.29 is 30.2 Å². The van der Waals surface area contributed by atoms with Crippen molar-refractivity contribution in [1.29, 1.82) is 0 Å². The molecule has 290 valence electrons. The first-order chi connectivity index (χ1) is 28.4. The van der Waals surface area contributed by atoms with E-state index in [-0.39, 0.29) is 26.5 Å². The Balaban J connectivity index is 0.00000420. The Morgan fingerprint density at radius 1 is 0.610 bits per heavy atom. The van der Waals surface area contributed by atoms with Crippen LogP contribution >= 0.6 is 0 Å². The van der Waals surface area contributed by atoms with Crippen molar-refractivity contribution in [2.75, 3.05) is 9.80 Å². The maximum absolute atomic E-state index is 6.62. The molecule has 9 heteroatoms. The van der Waals surface area contributed by atoms with Gasteiger partial charge in [-0.2, -0.15) is 6.07 Å². The second-order valence-electron chi connectivity index (χ2n) is 15.5. The fraction of sp³-hybridized carbons (Fsp3) is 0.0800. The smallest absolute Gasteiger partial charge is 0.145 e. The number of nitrogens with zero attached hydrogens (tertiary/aromatic N) is 6. The molecule has 0 radical (unpaired) electrons. The minimum atomic E-state index is -0.0445. The third-order valence-corrected chi connectivity index (χ3v) is 10.8. The van der Waals surface area contributed by atoms with Crippen LogP contribution in [0, 0.1) is 18.8 Å². The first-order valence-electron chi connectivity index (χ1n) is 19.3. The second kappa shape index (κ2) is 14.3. The number of ether oxygens (including phenoxy) is 1. The van der Waals surface area contributed by atoms with Crippen molar-refractivity contribution in [1.82, 2.24) is 19.5 Å². The summed E-state index contributed by atoms with van der Waals surface area (Å²) in [5.74, 6) is 3.22. The summed E-state index contributed by atoms with van der Waals surface area (Å²) in [4.78, 5) is 18.7. The molecule has 0 aliphatic carbocycles. The van der Waals surface area contributed by atoms with Crippen molar-refractivity contribution in [2.24, 2.45) is 0 Å². The SMILES string of the molecule is CC(C)(C)c1ccnc(-n2c3[c-]c(Oc4[c-]c(N5[CH-]N(c6c(-c7ccccc7)cccc6-c6ccccc6)c6nccnc65)ccc4)cc4oc5cccc2c5c43)c1.[Pt]. The van der Waals surface area contributed by atoms with Gasteiger partial charge in [-0.15, -0.1) is 30.9 Å². The molecule has 6 aromatic carbocycles. The van der Waals surface area contributed by atoms with Crippen LogP contribution in [0.25, 0.3) is 61.0 Å². The molecule has 5 heterocycles. The zero-order valence-corrected chi connectivity index (χ0v) is 34.6. The predicted molar refractivity (Wildman–Crippen MR) is 230 cm³/mol. The number of benzene rings is 6. The van der Waals surface area contributed by atoms with Gasteiger partial charge in [0.1, 0.15) is 23.0 Å². The molecule has 8 nitrogen and oxygen atoms in total. The molecule has 0 saturated heterocycles. The molecule has 1 aliphatic rings. The summed E-state index contributed by atoms with van der Waals surface area (Å²) in [5, 5.41) is 2.04. The molecule has 0 fully saturated rings. The number of pyridine rings is 1. The summed E-state index contributed by atoms with van der Waals surface area (Å²) in [6, 6.07) is 52.5. The van der Waals surface area contributed by atoms with Gasteiger partial charge in [-0.25, -0.2) is 15.0 Å². The Labute approximate surface area is 356 Å². The van der Waals surface area contributed by atoms with Gasteiger partial charge in [-0.1, -0.05) is 128 Å². The summed E-state index contributed by atoms with van der Waals surface area (Å²) in [7, 11) is 0. The minimum Gasteiger partial charge on any atom is -0.509 e. The molecule has 4 aromatic heterocycles. The molecule has 0 bridgehead atoms. The van der Waals surface area contributed by atoms with Gasteiger partial charge in [0.15, 0.2) is 0 Å². The van der Waals surface area contributed by atoms with E-state index in [1.54, 1.807) is 12.4 Å². The predicted octanol–water partition coefficient (Wildman–Crippen LogP) is 12.6. The molecule has 1 aliphatic heterocycles. The summed E-state index contributed by atoms with van der Waals surface area (Å²) >= 11 is 0. The first-order valence-corrected chi connectivity index (χ1v) is 19.3. The van der Waals surface area contributed by atoms with Crippen molar-refractivity contribution in [3.05, 3.63) is 176 Å². The van der Waals surface area contributed by atoms with Gasteiger partial charge in [-0.3, -0.25) is 0 Å². The molecule has 0 spiro atoms. The van der Waals surface area contributed by atoms with E-state index >= 15 is 0 Å². The van der Waals surface area contributed by atoms with E-state index in [0.29, 0.717) is 23.1 Å². The maximum atomic E-state index is 6.62. The maximum Gasteiger partial charge on any atom is 0.145 e. The number of hydrogen-bond acceptors (Lipinski definition) is 7. The van der Waals surface area contributed by atoms with E-state index in [0.717, 1.165) is 72.4 Å². The van der Waals surface area contributed by atoms with E-state index in [1.807, 2.05) is 66.3 Å². The van der Waals surface area contributed by atoms with E-state index in [9.17, 15) is 0 Å². The van der Waals surface area contributed by atoms with Crippen molar-refractivity contribution >= 4 is 56.0 Å². The standard InChI is InChI=1S/C50H35N6O2.Pt/c1-50(2,3)34-23-24-51-44(27-34)56-40-21-12-22-42-45(40)46-41(56)29-37(30-43(46)58-42)57-36-18-10-17-35(28-36)54-31-55(49-48(54)52-25-26-53-49)47-38(32-13-6-4-7-14-32)19-11-20-39(47)33-15-8-5-9-16-33;/h4-27,30-31H,1-3H3;/q-3;. The van der Waals surface area contributed by atoms with Crippen LogP contribution in [-0.2, 0) is 26.5 Å². The molecular formula is C50H35N6O2Pt-3. The Bertz CT molecular complexity index is 3080. The Hall–Kier alpha value is -6.76. The topological polar surface area (TPSA) is 72.5 Å². The number of para-hydroxylation sites is 1. The number of fused-ring (bicyclic) bond motifs is 1. The molecule has 0 amide bonds. The van der Waals surface area contributed by atoms with E-state index in [4.69, 9.17) is 24.1 Å². The van der Waals surface area contributed by atoms with Gasteiger partial charge >= 0.3 is 0 Å². The number of rotatable bonds is 7. The van der Waals surface area contributed by atoms with Gasteiger partial charge in [-0.05, 0) is 51.8 Å². The number of aromatic nitrogens is 4. The van der Waals surface area contributed by atoms with Crippen LogP contribution < -0.4 is 14.5 Å². The van der Waals surface area contributed by atoms with Gasteiger partial charge in [0, 0.05) is 79.1 Å². The number of anilines is 4. The van der Waals surface area contributed by atoms with E-state index < -0.39 is 0 Å². The number of hydrogen-bond donors (Lipinski definition) is 0. The molecule has 0 saturated carbocycles. The normalized spacial score (nSPS) is 12.7. The van der Waals surface area contributed by atoms with Gasteiger partial charge < -0.3 is 23.5 Å². The third-order valence-electron chi connectivity index (χ3n) is 10.8. The molecule has 0 N–H and O–H groups in total. The van der Waals surface area contributed by atoms with Crippen molar-refractivity contribution in [3.63, 3.8) is 0 Å². The fourth-order valence-corrected chi connectivity index (χ4v) is 8.08. The van der Waals surface area contributed by atoms with Gasteiger partial charge in [0.25, 0.3) is 0 Å². The van der Waals surface area contributed by atoms with Crippen molar-refractivity contribution in [2.45, 2.75) is 26.2 Å². The molecule has 59 heavy (non-hydrogen) atoms. The van der Waals surface area contributed by atoms with Crippen LogP contribution in [0.5, 0.6) is 11.5 Å². The second-order valence-corrected chi connectivity index (χ2v) is 15.5. The average Bonchev–Trinajstić information content (AvgIpc) is 3.94. The summed E-state index contributed by atoms with van der Waals surface area (Å²) < 4.78 is 15.2. The molecule has 11 rings (SSSR count). The summed E-state index contributed by atoms with van der Waals surface area (Å²) in [5.41, 5.74) is 10.6. The molecule has 10 aromatic rings. The Morgan fingerprint density at radius 2 is 1.29 bits per heavy atom. The van der Waals surface area contributed by atoms with Crippen LogP contribution in [0.15, 0.2) is 156 Å². The number of furan rings is 1. The molecular weight excluding hydrogens is 912 g/mol. The summed E-state index contributed by atoms with van der Waals surface area (Å²) in [6.07, 6.45) is 5.33. The van der Waals surface area contributed by atoms with Crippen LogP contribution in [0.2, 0.25) is 0 Å². The van der Waals surface area contributed by atoms with E-state index in [2.05, 4.69) is 127 Å². The van der Waals surface area contributed by atoms with Crippen LogP contribution in [0.4, 0.5) is 23.0 Å². The van der Waals surface area contributed by atoms with Crippen molar-refractivity contribution in [3.8, 4) is 39.6 Å². The largest absolute Gasteiger partial charge is 0.509 e. The van der Waals surface area contributed by atoms with E-state index in [1.165, 1.54) is 5.56 Å².